The molecule has 2 rings (SSSR count). The zero-order chi connectivity index (χ0) is 18.4. The molecule has 1 unspecified atom stereocenters. The van der Waals surface area contributed by atoms with E-state index in [1.807, 2.05) is 44.2 Å². The number of thioether (sulfide) groups is 1. The number of para-hydroxylation sites is 1. The van der Waals surface area contributed by atoms with Gasteiger partial charge in [0.1, 0.15) is 7.11 Å². The second-order valence-corrected chi connectivity index (χ2v) is 7.54. The van der Waals surface area contributed by atoms with E-state index in [1.54, 1.807) is 6.26 Å². The predicted molar refractivity (Wildman–Crippen MR) is 105 cm³/mol. The second kappa shape index (κ2) is 8.53. The lowest BCUT2D eigenvalue weighted by Gasteiger charge is -2.24. The standard InChI is InChI=1S/C17H20BrN3O3S/c1-17(2,10-19-23-3)21-14(22)16(25-4)24-15-12(18)9-11-7-5-6-8-13(11)20-15/h5-10,16H,1-4H3,(H,21,22)/b19-10+. The Morgan fingerprint density at radius 3 is 2.84 bits per heavy atom. The molecule has 0 bridgehead atoms. The Balaban J connectivity index is 2.17. The fourth-order valence-electron chi connectivity index (χ4n) is 2.06. The lowest BCUT2D eigenvalue weighted by atomic mass is 10.1. The zero-order valence-corrected chi connectivity index (χ0v) is 16.8. The summed E-state index contributed by atoms with van der Waals surface area (Å²) in [5.74, 6) is 0.0958. The molecule has 0 aliphatic heterocycles. The van der Waals surface area contributed by atoms with Crippen LogP contribution in [0.2, 0.25) is 0 Å². The average Bonchev–Trinajstić information content (AvgIpc) is 2.57. The van der Waals surface area contributed by atoms with Crippen molar-refractivity contribution in [2.24, 2.45) is 5.16 Å². The molecule has 0 saturated carbocycles. The Bertz CT molecular complexity index is 783. The van der Waals surface area contributed by atoms with E-state index in [-0.39, 0.29) is 5.91 Å². The lowest BCUT2D eigenvalue weighted by Crippen LogP contribution is -2.49. The van der Waals surface area contributed by atoms with E-state index in [0.717, 1.165) is 10.9 Å². The van der Waals surface area contributed by atoms with E-state index in [1.165, 1.54) is 25.1 Å². The highest BCUT2D eigenvalue weighted by molar-refractivity contribution is 9.10. The number of nitrogens with zero attached hydrogens (tertiary/aromatic N) is 2. The van der Waals surface area contributed by atoms with Gasteiger partial charge in [-0.15, -0.1) is 11.8 Å². The summed E-state index contributed by atoms with van der Waals surface area (Å²) in [6.45, 7) is 3.63. The van der Waals surface area contributed by atoms with Gasteiger partial charge in [-0.05, 0) is 48.2 Å². The van der Waals surface area contributed by atoms with Crippen molar-refractivity contribution >= 4 is 50.7 Å². The van der Waals surface area contributed by atoms with E-state index in [2.05, 4.69) is 36.2 Å². The monoisotopic (exact) mass is 425 g/mol. The summed E-state index contributed by atoms with van der Waals surface area (Å²) in [4.78, 5) is 21.7. The first kappa shape index (κ1) is 19.5. The molecule has 1 aromatic carbocycles. The number of fused-ring (bicyclic) bond motifs is 1. The molecule has 0 radical (unpaired) electrons. The van der Waals surface area contributed by atoms with Gasteiger partial charge in [0, 0.05) is 5.39 Å². The first-order valence-electron chi connectivity index (χ1n) is 7.51. The molecule has 0 spiro atoms. The molecule has 8 heteroatoms. The van der Waals surface area contributed by atoms with Gasteiger partial charge in [-0.2, -0.15) is 0 Å². The van der Waals surface area contributed by atoms with Gasteiger partial charge in [0.15, 0.2) is 0 Å². The fourth-order valence-corrected chi connectivity index (χ4v) is 2.95. The zero-order valence-electron chi connectivity index (χ0n) is 14.4. The summed E-state index contributed by atoms with van der Waals surface area (Å²) in [6.07, 6.45) is 3.32. The molecular formula is C17H20BrN3O3S. The van der Waals surface area contributed by atoms with Crippen LogP contribution in [-0.2, 0) is 9.63 Å². The molecule has 1 amide bonds. The molecule has 1 heterocycles. The molecule has 134 valence electrons. The summed E-state index contributed by atoms with van der Waals surface area (Å²) in [6, 6.07) is 9.63. The molecule has 0 fully saturated rings. The van der Waals surface area contributed by atoms with Crippen LogP contribution in [0.15, 0.2) is 40.0 Å². The normalized spacial score (nSPS) is 13.0. The fraction of sp³-hybridized carbons (Fsp3) is 0.353. The van der Waals surface area contributed by atoms with Crippen molar-refractivity contribution in [3.8, 4) is 5.88 Å². The van der Waals surface area contributed by atoms with E-state index < -0.39 is 11.0 Å². The summed E-state index contributed by atoms with van der Waals surface area (Å²) < 4.78 is 6.52. The minimum atomic E-state index is -0.750. The Kier molecular flexibility index (Phi) is 6.66. The summed E-state index contributed by atoms with van der Waals surface area (Å²) in [5.41, 5.74) is -0.618. The topological polar surface area (TPSA) is 72.8 Å². The van der Waals surface area contributed by atoms with Crippen molar-refractivity contribution in [3.05, 3.63) is 34.8 Å². The number of aromatic nitrogens is 1. The molecule has 1 atom stereocenters. The van der Waals surface area contributed by atoms with Gasteiger partial charge in [0.05, 0.1) is 21.7 Å². The molecule has 0 aliphatic rings. The van der Waals surface area contributed by atoms with Crippen molar-refractivity contribution < 1.29 is 14.4 Å². The Hall–Kier alpha value is -1.80. The molecule has 0 saturated heterocycles. The largest absolute Gasteiger partial charge is 0.452 e. The van der Waals surface area contributed by atoms with Crippen molar-refractivity contribution in [1.82, 2.24) is 10.3 Å². The van der Waals surface area contributed by atoms with Gasteiger partial charge in [-0.25, -0.2) is 4.98 Å². The molecule has 2 aromatic rings. The number of nitrogens with one attached hydrogen (secondary N) is 1. The van der Waals surface area contributed by atoms with Gasteiger partial charge in [0.2, 0.25) is 11.3 Å². The number of hydrogen-bond donors (Lipinski definition) is 1. The number of pyridine rings is 1. The molecule has 25 heavy (non-hydrogen) atoms. The van der Waals surface area contributed by atoms with Gasteiger partial charge < -0.3 is 14.9 Å². The van der Waals surface area contributed by atoms with Crippen molar-refractivity contribution in [2.45, 2.75) is 24.8 Å². The predicted octanol–water partition coefficient (Wildman–Crippen LogP) is 3.59. The molecule has 0 aliphatic carbocycles. The lowest BCUT2D eigenvalue weighted by molar-refractivity contribution is -0.125. The maximum absolute atomic E-state index is 12.5. The summed E-state index contributed by atoms with van der Waals surface area (Å²) >= 11 is 4.73. The van der Waals surface area contributed by atoms with Crippen LogP contribution in [0, 0.1) is 0 Å². The number of amides is 1. The summed E-state index contributed by atoms with van der Waals surface area (Å²) in [7, 11) is 1.45. The highest BCUT2D eigenvalue weighted by atomic mass is 79.9. The minimum absolute atomic E-state index is 0.276. The van der Waals surface area contributed by atoms with Crippen molar-refractivity contribution in [2.75, 3.05) is 13.4 Å². The van der Waals surface area contributed by atoms with Crippen LogP contribution < -0.4 is 10.1 Å². The second-order valence-electron chi connectivity index (χ2n) is 5.78. The first-order valence-corrected chi connectivity index (χ1v) is 9.59. The number of halogens is 1. The number of carbonyl (C=O) groups excluding carboxylic acids is 1. The number of carbonyl (C=O) groups is 1. The minimum Gasteiger partial charge on any atom is -0.452 e. The van der Waals surface area contributed by atoms with E-state index >= 15 is 0 Å². The quantitative estimate of drug-likeness (QED) is 0.416. The number of benzene rings is 1. The van der Waals surface area contributed by atoms with Gasteiger partial charge in [0.25, 0.3) is 5.91 Å². The SMILES string of the molecule is CO/N=C/C(C)(C)NC(=O)C(Oc1nc2ccccc2cc1Br)SC. The molecular weight excluding hydrogens is 406 g/mol. The number of ether oxygens (including phenoxy) is 1. The van der Waals surface area contributed by atoms with Crippen LogP contribution in [0.5, 0.6) is 5.88 Å². The van der Waals surface area contributed by atoms with Crippen LogP contribution in [0.25, 0.3) is 10.9 Å². The van der Waals surface area contributed by atoms with Crippen molar-refractivity contribution in [1.29, 1.82) is 0 Å². The Morgan fingerprint density at radius 1 is 1.44 bits per heavy atom. The van der Waals surface area contributed by atoms with Gasteiger partial charge in [-0.1, -0.05) is 23.4 Å². The van der Waals surface area contributed by atoms with Crippen LogP contribution in [-0.4, -0.2) is 41.4 Å². The summed E-state index contributed by atoms with van der Waals surface area (Å²) in [5, 5.41) is 7.56. The highest BCUT2D eigenvalue weighted by Gasteiger charge is 2.27. The maximum Gasteiger partial charge on any atom is 0.272 e. The van der Waals surface area contributed by atoms with E-state index in [0.29, 0.717) is 10.4 Å². The van der Waals surface area contributed by atoms with E-state index in [4.69, 9.17) is 4.74 Å². The number of rotatable bonds is 7. The smallest absolute Gasteiger partial charge is 0.272 e. The van der Waals surface area contributed by atoms with Gasteiger partial charge >= 0.3 is 0 Å². The average molecular weight is 426 g/mol. The number of hydrogen-bond acceptors (Lipinski definition) is 6. The maximum atomic E-state index is 12.5. The molecule has 1 N–H and O–H groups in total. The third kappa shape index (κ3) is 5.34. The molecule has 6 nitrogen and oxygen atoms in total. The van der Waals surface area contributed by atoms with Crippen LogP contribution in [0.4, 0.5) is 0 Å². The van der Waals surface area contributed by atoms with Crippen LogP contribution >= 0.6 is 27.7 Å². The Morgan fingerprint density at radius 2 is 2.16 bits per heavy atom. The molecule has 1 aromatic heterocycles. The number of oxime groups is 1. The highest BCUT2D eigenvalue weighted by Crippen LogP contribution is 2.29. The third-order valence-electron chi connectivity index (χ3n) is 3.22. The van der Waals surface area contributed by atoms with Crippen molar-refractivity contribution in [3.63, 3.8) is 0 Å². The Labute approximate surface area is 159 Å². The third-order valence-corrected chi connectivity index (χ3v) is 4.52. The van der Waals surface area contributed by atoms with Gasteiger partial charge in [-0.3, -0.25) is 4.79 Å². The van der Waals surface area contributed by atoms with E-state index in [9.17, 15) is 4.79 Å². The van der Waals surface area contributed by atoms with Crippen LogP contribution in [0.3, 0.4) is 0 Å². The first-order chi connectivity index (χ1) is 11.9. The van der Waals surface area contributed by atoms with Crippen LogP contribution in [0.1, 0.15) is 13.8 Å².